The summed E-state index contributed by atoms with van der Waals surface area (Å²) in [6.07, 6.45) is 21.0. The largest absolute Gasteiger partial charge is 0.459 e. The van der Waals surface area contributed by atoms with Crippen LogP contribution in [-0.2, 0) is 23.8 Å². The fourth-order valence-electron chi connectivity index (χ4n) is 8.71. The summed E-state index contributed by atoms with van der Waals surface area (Å²) in [6.45, 7) is 16.1. The number of cyclic esters (lactones) is 1. The number of carbonyl (C=O) groups is 2. The molecule has 350 valence electrons. The highest BCUT2D eigenvalue weighted by molar-refractivity contribution is 5.76. The van der Waals surface area contributed by atoms with Crippen LogP contribution in [-0.4, -0.2) is 134 Å². The topological polar surface area (TPSA) is 169 Å². The van der Waals surface area contributed by atoms with Crippen molar-refractivity contribution in [2.75, 3.05) is 20.6 Å². The van der Waals surface area contributed by atoms with E-state index >= 15 is 0 Å². The van der Waals surface area contributed by atoms with Crippen molar-refractivity contribution in [1.29, 1.82) is 0 Å². The van der Waals surface area contributed by atoms with Gasteiger partial charge in [0.2, 0.25) is 5.91 Å². The lowest BCUT2D eigenvalue weighted by Crippen LogP contribution is -2.60. The van der Waals surface area contributed by atoms with Gasteiger partial charge in [0.15, 0.2) is 6.29 Å². The number of amides is 1. The van der Waals surface area contributed by atoms with Crippen LogP contribution in [0.1, 0.15) is 133 Å². The van der Waals surface area contributed by atoms with E-state index in [9.17, 15) is 35.1 Å². The van der Waals surface area contributed by atoms with E-state index in [-0.39, 0.29) is 24.7 Å². The summed E-state index contributed by atoms with van der Waals surface area (Å²) in [5.74, 6) is -3.03. The van der Waals surface area contributed by atoms with Gasteiger partial charge in [-0.25, -0.2) is 0 Å². The molecule has 2 aliphatic heterocycles. The number of rotatable bonds is 17. The van der Waals surface area contributed by atoms with E-state index in [1.807, 2.05) is 25.8 Å². The van der Waals surface area contributed by atoms with E-state index in [4.69, 9.17) is 14.2 Å². The SMILES string of the molecule is CC/C=C\C/C=C\C/C=C\C/C=C\C/C=C\CCCC(=O)N(C)[C@H]1C[C@@H](C)OC(O[C@@H]2[C@@H](C)[C@H](O)[C@@H](C)C(=O)O[C@H](CC)[C@@](C)(O)[C@H](O)[C@@H](C)N(C)C[C@H](C)C[C@@]2(C)O)[C@@H]1O. The van der Waals surface area contributed by atoms with Gasteiger partial charge in [-0.2, -0.15) is 0 Å². The zero-order valence-corrected chi connectivity index (χ0v) is 39.4. The number of likely N-dealkylation sites (N-methyl/N-ethyl adjacent to an activating group) is 2. The minimum Gasteiger partial charge on any atom is -0.459 e. The molecule has 0 aromatic rings. The van der Waals surface area contributed by atoms with Crippen molar-refractivity contribution in [1.82, 2.24) is 9.80 Å². The maximum absolute atomic E-state index is 13.5. The molecular formula is C49H84N2O10. The molecule has 12 nitrogen and oxygen atoms in total. The number of allylic oxidation sites excluding steroid dienone is 10. The fraction of sp³-hybridized carbons (Fsp3) is 0.755. The maximum Gasteiger partial charge on any atom is 0.311 e. The molecule has 0 bridgehead atoms. The molecule has 0 aromatic carbocycles. The van der Waals surface area contributed by atoms with E-state index in [0.29, 0.717) is 25.8 Å². The van der Waals surface area contributed by atoms with Crippen LogP contribution in [0.2, 0.25) is 0 Å². The summed E-state index contributed by atoms with van der Waals surface area (Å²) in [7, 11) is 3.50. The predicted molar refractivity (Wildman–Crippen MR) is 242 cm³/mol. The van der Waals surface area contributed by atoms with Gasteiger partial charge in [0.05, 0.1) is 35.9 Å². The number of aliphatic hydroxyl groups is 5. The van der Waals surface area contributed by atoms with Gasteiger partial charge in [-0.15, -0.1) is 0 Å². The lowest BCUT2D eigenvalue weighted by Gasteiger charge is -2.47. The second kappa shape index (κ2) is 26.8. The number of esters is 1. The van der Waals surface area contributed by atoms with Crippen molar-refractivity contribution in [2.45, 2.75) is 199 Å². The average molecular weight is 861 g/mol. The highest BCUT2D eigenvalue weighted by atomic mass is 16.7. The van der Waals surface area contributed by atoms with Gasteiger partial charge in [0, 0.05) is 32.0 Å². The van der Waals surface area contributed by atoms with Crippen LogP contribution in [0.3, 0.4) is 0 Å². The van der Waals surface area contributed by atoms with E-state index in [1.165, 1.54) is 13.8 Å². The van der Waals surface area contributed by atoms with Gasteiger partial charge in [0.25, 0.3) is 0 Å². The Bertz CT molecular complexity index is 1440. The molecule has 2 aliphatic rings. The van der Waals surface area contributed by atoms with Crippen LogP contribution in [0.25, 0.3) is 0 Å². The molecule has 14 atom stereocenters. The van der Waals surface area contributed by atoms with Crippen molar-refractivity contribution in [3.8, 4) is 0 Å². The molecule has 0 radical (unpaired) electrons. The zero-order chi connectivity index (χ0) is 45.9. The minimum absolute atomic E-state index is 0.108. The quantitative estimate of drug-likeness (QED) is 0.0593. The first-order valence-electron chi connectivity index (χ1n) is 22.9. The lowest BCUT2D eigenvalue weighted by atomic mass is 9.78. The van der Waals surface area contributed by atoms with Crippen LogP contribution in [0.4, 0.5) is 0 Å². The van der Waals surface area contributed by atoms with E-state index in [2.05, 4.69) is 67.7 Å². The Kier molecular flexibility index (Phi) is 24.0. The van der Waals surface area contributed by atoms with Crippen LogP contribution < -0.4 is 0 Å². The van der Waals surface area contributed by atoms with Crippen molar-refractivity contribution < 1.29 is 49.3 Å². The van der Waals surface area contributed by atoms with Crippen molar-refractivity contribution in [3.63, 3.8) is 0 Å². The van der Waals surface area contributed by atoms with Gasteiger partial charge >= 0.3 is 5.97 Å². The standard InChI is InChI=1S/C49H84N2O10/c1-12-14-15-16-17-18-19-20-21-22-23-24-25-26-27-28-29-30-41(52)51(11)39-31-35(4)59-47(43(39)54)61-45-36(5)42(53)37(6)46(56)60-40(13-2)49(9,58)44(55)38(7)50(10)33-34(3)32-48(45,8)57/h14-15,17-18,20-21,23-24,26-27,34-40,42-45,47,53-55,57-58H,12-13,16,19,22,25,28-33H2,1-11H3/b15-14-,18-17-,21-20-,24-23-,27-26-/t34-,35-,36+,37-,38-,39+,40-,42+,43-,44-,45-,47?,48-,49-/m1/s1. The Hall–Kier alpha value is -2.68. The summed E-state index contributed by atoms with van der Waals surface area (Å²) < 4.78 is 18.5. The summed E-state index contributed by atoms with van der Waals surface area (Å²) in [5.41, 5.74) is -3.39. The summed E-state index contributed by atoms with van der Waals surface area (Å²) in [4.78, 5) is 30.4. The fourth-order valence-corrected chi connectivity index (χ4v) is 8.71. The van der Waals surface area contributed by atoms with Crippen LogP contribution in [0, 0.1) is 17.8 Å². The molecule has 2 heterocycles. The van der Waals surface area contributed by atoms with Crippen LogP contribution >= 0.6 is 0 Å². The minimum atomic E-state index is -1.79. The third kappa shape index (κ3) is 17.1. The number of carbonyl (C=O) groups excluding carboxylic acids is 2. The average Bonchev–Trinajstić information content (AvgIpc) is 3.21. The molecule has 0 aliphatic carbocycles. The number of ether oxygens (including phenoxy) is 3. The second-order valence-corrected chi connectivity index (χ2v) is 18.3. The van der Waals surface area contributed by atoms with E-state index < -0.39 is 84.0 Å². The second-order valence-electron chi connectivity index (χ2n) is 18.3. The zero-order valence-electron chi connectivity index (χ0n) is 39.4. The molecule has 0 saturated carbocycles. The molecule has 1 unspecified atom stereocenters. The molecule has 2 saturated heterocycles. The molecular weight excluding hydrogens is 777 g/mol. The Labute approximate surface area is 368 Å². The molecule has 12 heteroatoms. The van der Waals surface area contributed by atoms with E-state index in [0.717, 1.165) is 38.5 Å². The smallest absolute Gasteiger partial charge is 0.311 e. The molecule has 1 amide bonds. The third-order valence-electron chi connectivity index (χ3n) is 12.6. The molecule has 61 heavy (non-hydrogen) atoms. The predicted octanol–water partition coefficient (Wildman–Crippen LogP) is 6.79. The van der Waals surface area contributed by atoms with Crippen molar-refractivity contribution >= 4 is 11.9 Å². The summed E-state index contributed by atoms with van der Waals surface area (Å²) >= 11 is 0. The molecule has 2 fully saturated rings. The van der Waals surface area contributed by atoms with Gasteiger partial charge in [-0.05, 0) is 112 Å². The number of nitrogens with zero attached hydrogens (tertiary/aromatic N) is 2. The van der Waals surface area contributed by atoms with Gasteiger partial charge < -0.3 is 49.5 Å². The van der Waals surface area contributed by atoms with Crippen LogP contribution in [0.15, 0.2) is 60.8 Å². The molecule has 2 rings (SSSR count). The monoisotopic (exact) mass is 861 g/mol. The number of unbranched alkanes of at least 4 members (excludes halogenated alkanes) is 1. The first-order chi connectivity index (χ1) is 28.7. The van der Waals surface area contributed by atoms with E-state index in [1.54, 1.807) is 39.6 Å². The highest BCUT2D eigenvalue weighted by Gasteiger charge is 2.50. The Balaban J connectivity index is 2.12. The number of aliphatic hydroxyl groups excluding tert-OH is 3. The lowest BCUT2D eigenvalue weighted by molar-refractivity contribution is -0.299. The van der Waals surface area contributed by atoms with Crippen LogP contribution in [0.5, 0.6) is 0 Å². The number of hydrogen-bond donors (Lipinski definition) is 5. The van der Waals surface area contributed by atoms with Gasteiger partial charge in [0.1, 0.15) is 23.9 Å². The molecule has 0 aromatic heterocycles. The highest BCUT2D eigenvalue weighted by Crippen LogP contribution is 2.37. The first kappa shape index (κ1) is 54.5. The summed E-state index contributed by atoms with van der Waals surface area (Å²) in [5, 5.41) is 58.5. The molecule has 0 spiro atoms. The summed E-state index contributed by atoms with van der Waals surface area (Å²) in [6, 6.07) is -1.17. The number of hydrogen-bond acceptors (Lipinski definition) is 11. The first-order valence-corrected chi connectivity index (χ1v) is 22.9. The normalized spacial score (nSPS) is 36.9. The van der Waals surface area contributed by atoms with Crippen molar-refractivity contribution in [3.05, 3.63) is 60.8 Å². The Morgan fingerprint density at radius 2 is 1.41 bits per heavy atom. The Morgan fingerprint density at radius 3 is 1.95 bits per heavy atom. The third-order valence-corrected chi connectivity index (χ3v) is 12.6. The van der Waals surface area contributed by atoms with Gasteiger partial charge in [-0.3, -0.25) is 9.59 Å². The molecule has 5 N–H and O–H groups in total. The maximum atomic E-state index is 13.5. The van der Waals surface area contributed by atoms with Crippen molar-refractivity contribution in [2.24, 2.45) is 17.8 Å². The van der Waals surface area contributed by atoms with Gasteiger partial charge in [-0.1, -0.05) is 88.5 Å². The Morgan fingerprint density at radius 1 is 0.869 bits per heavy atom.